The molecule has 1 amide bonds. The highest BCUT2D eigenvalue weighted by atomic mass is 16.4. The first kappa shape index (κ1) is 14.3. The summed E-state index contributed by atoms with van der Waals surface area (Å²) >= 11 is 0. The van der Waals surface area contributed by atoms with Crippen LogP contribution in [0.4, 0.5) is 5.69 Å². The van der Waals surface area contributed by atoms with Crippen molar-refractivity contribution in [2.75, 3.05) is 5.32 Å². The van der Waals surface area contributed by atoms with Crippen LogP contribution in [0.5, 0.6) is 0 Å². The van der Waals surface area contributed by atoms with Crippen molar-refractivity contribution in [3.63, 3.8) is 0 Å². The smallest absolute Gasteiger partial charge is 0.313 e. The van der Waals surface area contributed by atoms with Crippen molar-refractivity contribution >= 4 is 17.6 Å². The summed E-state index contributed by atoms with van der Waals surface area (Å²) in [5.74, 6) is -0.836. The van der Waals surface area contributed by atoms with Crippen molar-refractivity contribution in [1.29, 1.82) is 0 Å². The molecule has 4 nitrogen and oxygen atoms in total. The monoisotopic (exact) mass is 273 g/mol. The molecule has 0 radical (unpaired) electrons. The highest BCUT2D eigenvalue weighted by Crippen LogP contribution is 2.25. The second-order valence-electron chi connectivity index (χ2n) is 5.64. The van der Waals surface area contributed by atoms with Crippen LogP contribution in [0.2, 0.25) is 0 Å². The Morgan fingerprint density at radius 2 is 1.70 bits per heavy atom. The normalized spacial score (nSPS) is 15.3. The summed E-state index contributed by atoms with van der Waals surface area (Å²) in [6, 6.07) is 6.99. The molecular formula is C16H19NO3. The molecule has 0 aromatic heterocycles. The van der Waals surface area contributed by atoms with Gasteiger partial charge in [-0.05, 0) is 44.4 Å². The molecule has 1 aliphatic rings. The summed E-state index contributed by atoms with van der Waals surface area (Å²) < 4.78 is 0. The van der Waals surface area contributed by atoms with E-state index in [-0.39, 0.29) is 11.8 Å². The molecule has 0 aliphatic heterocycles. The Balaban J connectivity index is 2.05. The molecule has 0 heterocycles. The van der Waals surface area contributed by atoms with Crippen molar-refractivity contribution < 1.29 is 14.7 Å². The standard InChI is InChI=1S/C16H19NO3/c1-16(2,15(19)20)12-7-9-13(10-8-12)17-14(18)11-5-3-4-6-11/h3-4,7-11H,5-6H2,1-2H3,(H,17,18)(H,19,20). The van der Waals surface area contributed by atoms with Crippen molar-refractivity contribution in [2.45, 2.75) is 32.1 Å². The average Bonchev–Trinajstić information content (AvgIpc) is 2.93. The minimum Gasteiger partial charge on any atom is -0.481 e. The maximum atomic E-state index is 12.0. The first-order valence-electron chi connectivity index (χ1n) is 6.71. The summed E-state index contributed by atoms with van der Waals surface area (Å²) in [7, 11) is 0. The van der Waals surface area contributed by atoms with Crippen LogP contribution in [-0.4, -0.2) is 17.0 Å². The van der Waals surface area contributed by atoms with Gasteiger partial charge in [0.05, 0.1) is 5.41 Å². The van der Waals surface area contributed by atoms with Gasteiger partial charge in [-0.15, -0.1) is 0 Å². The van der Waals surface area contributed by atoms with E-state index in [0.717, 1.165) is 12.8 Å². The number of benzene rings is 1. The third-order valence-corrected chi connectivity index (χ3v) is 3.79. The van der Waals surface area contributed by atoms with Gasteiger partial charge in [-0.3, -0.25) is 9.59 Å². The second kappa shape index (κ2) is 5.49. The molecule has 1 aliphatic carbocycles. The largest absolute Gasteiger partial charge is 0.481 e. The highest BCUT2D eigenvalue weighted by Gasteiger charge is 2.29. The number of allylic oxidation sites excluding steroid dienone is 2. The minimum absolute atomic E-state index is 0.0141. The van der Waals surface area contributed by atoms with Gasteiger partial charge in [0.2, 0.25) is 5.91 Å². The zero-order valence-corrected chi connectivity index (χ0v) is 11.7. The van der Waals surface area contributed by atoms with Crippen LogP contribution in [0.3, 0.4) is 0 Å². The van der Waals surface area contributed by atoms with Crippen molar-refractivity contribution in [3.05, 3.63) is 42.0 Å². The second-order valence-corrected chi connectivity index (χ2v) is 5.64. The molecule has 2 N–H and O–H groups in total. The lowest BCUT2D eigenvalue weighted by atomic mass is 9.85. The van der Waals surface area contributed by atoms with Crippen LogP contribution in [0, 0.1) is 5.92 Å². The van der Waals surface area contributed by atoms with E-state index in [1.54, 1.807) is 38.1 Å². The van der Waals surface area contributed by atoms with Gasteiger partial charge in [0, 0.05) is 11.6 Å². The summed E-state index contributed by atoms with van der Waals surface area (Å²) in [4.78, 5) is 23.1. The number of amides is 1. The zero-order valence-electron chi connectivity index (χ0n) is 11.7. The van der Waals surface area contributed by atoms with E-state index in [4.69, 9.17) is 0 Å². The van der Waals surface area contributed by atoms with Gasteiger partial charge in [-0.25, -0.2) is 0 Å². The van der Waals surface area contributed by atoms with Crippen molar-refractivity contribution in [3.8, 4) is 0 Å². The Morgan fingerprint density at radius 3 is 2.20 bits per heavy atom. The number of hydrogen-bond acceptors (Lipinski definition) is 2. The van der Waals surface area contributed by atoms with Crippen LogP contribution in [-0.2, 0) is 15.0 Å². The topological polar surface area (TPSA) is 66.4 Å². The molecule has 0 saturated carbocycles. The van der Waals surface area contributed by atoms with Crippen LogP contribution >= 0.6 is 0 Å². The maximum absolute atomic E-state index is 12.0. The summed E-state index contributed by atoms with van der Waals surface area (Å²) in [5.41, 5.74) is 0.482. The SMILES string of the molecule is CC(C)(C(=O)O)c1ccc(NC(=O)C2CC=CC2)cc1. The van der Waals surface area contributed by atoms with E-state index in [1.165, 1.54) is 0 Å². The van der Waals surface area contributed by atoms with Crippen LogP contribution < -0.4 is 5.32 Å². The van der Waals surface area contributed by atoms with Crippen molar-refractivity contribution in [1.82, 2.24) is 0 Å². The third kappa shape index (κ3) is 2.90. The number of hydrogen-bond donors (Lipinski definition) is 2. The Bertz CT molecular complexity index is 535. The van der Waals surface area contributed by atoms with Crippen LogP contribution in [0.15, 0.2) is 36.4 Å². The number of carboxylic acid groups (broad SMARTS) is 1. The fraction of sp³-hybridized carbons (Fsp3) is 0.375. The molecule has 20 heavy (non-hydrogen) atoms. The Hall–Kier alpha value is -2.10. The summed E-state index contributed by atoms with van der Waals surface area (Å²) in [6.45, 7) is 3.32. The number of anilines is 1. The predicted molar refractivity (Wildman–Crippen MR) is 77.6 cm³/mol. The quantitative estimate of drug-likeness (QED) is 0.829. The number of rotatable bonds is 4. The van der Waals surface area contributed by atoms with Gasteiger partial charge < -0.3 is 10.4 Å². The average molecular weight is 273 g/mol. The predicted octanol–water partition coefficient (Wildman–Crippen LogP) is 2.95. The lowest BCUT2D eigenvalue weighted by molar-refractivity contribution is -0.142. The Morgan fingerprint density at radius 1 is 1.15 bits per heavy atom. The van der Waals surface area contributed by atoms with E-state index in [2.05, 4.69) is 5.32 Å². The van der Waals surface area contributed by atoms with Gasteiger partial charge in [-0.2, -0.15) is 0 Å². The van der Waals surface area contributed by atoms with Gasteiger partial charge in [0.1, 0.15) is 0 Å². The first-order chi connectivity index (χ1) is 9.41. The number of carboxylic acids is 1. The van der Waals surface area contributed by atoms with E-state index < -0.39 is 11.4 Å². The Kier molecular flexibility index (Phi) is 3.93. The molecular weight excluding hydrogens is 254 g/mol. The summed E-state index contributed by atoms with van der Waals surface area (Å²) in [5, 5.41) is 12.0. The third-order valence-electron chi connectivity index (χ3n) is 3.79. The molecule has 0 saturated heterocycles. The van der Waals surface area contributed by atoms with Crippen molar-refractivity contribution in [2.24, 2.45) is 5.92 Å². The number of nitrogens with one attached hydrogen (secondary N) is 1. The Labute approximate surface area is 118 Å². The molecule has 0 atom stereocenters. The molecule has 1 aromatic rings. The van der Waals surface area contributed by atoms with Crippen LogP contribution in [0.25, 0.3) is 0 Å². The lowest BCUT2D eigenvalue weighted by Gasteiger charge is -2.20. The molecule has 0 bridgehead atoms. The fourth-order valence-electron chi connectivity index (χ4n) is 2.17. The van der Waals surface area contributed by atoms with Gasteiger partial charge in [0.15, 0.2) is 0 Å². The number of carbonyl (C=O) groups is 2. The fourth-order valence-corrected chi connectivity index (χ4v) is 2.17. The van der Waals surface area contributed by atoms with E-state index in [9.17, 15) is 14.7 Å². The molecule has 1 aromatic carbocycles. The van der Waals surface area contributed by atoms with E-state index >= 15 is 0 Å². The van der Waals surface area contributed by atoms with Gasteiger partial charge >= 0.3 is 5.97 Å². The zero-order chi connectivity index (χ0) is 14.8. The van der Waals surface area contributed by atoms with Crippen LogP contribution in [0.1, 0.15) is 32.3 Å². The van der Waals surface area contributed by atoms with E-state index in [1.807, 2.05) is 12.2 Å². The van der Waals surface area contributed by atoms with Gasteiger partial charge in [-0.1, -0.05) is 24.3 Å². The van der Waals surface area contributed by atoms with Gasteiger partial charge in [0.25, 0.3) is 0 Å². The molecule has 4 heteroatoms. The number of aliphatic carboxylic acids is 1. The minimum atomic E-state index is -0.933. The molecule has 0 fully saturated rings. The molecule has 0 unspecified atom stereocenters. The molecule has 2 rings (SSSR count). The summed E-state index contributed by atoms with van der Waals surface area (Å²) in [6.07, 6.45) is 5.61. The highest BCUT2D eigenvalue weighted by molar-refractivity contribution is 5.93. The first-order valence-corrected chi connectivity index (χ1v) is 6.71. The van der Waals surface area contributed by atoms with E-state index in [0.29, 0.717) is 11.3 Å². The lowest BCUT2D eigenvalue weighted by Crippen LogP contribution is -2.28. The maximum Gasteiger partial charge on any atom is 0.313 e. The molecule has 106 valence electrons. The molecule has 0 spiro atoms. The number of carbonyl (C=O) groups excluding carboxylic acids is 1.